The summed E-state index contributed by atoms with van der Waals surface area (Å²) in [4.78, 5) is 72.2. The Bertz CT molecular complexity index is 1640. The van der Waals surface area contributed by atoms with Crippen LogP contribution in [0.5, 0.6) is 0 Å². The Morgan fingerprint density at radius 1 is 0.321 bits per heavy atom. The first-order chi connectivity index (χ1) is 40.5. The summed E-state index contributed by atoms with van der Waals surface area (Å²) in [6.45, 7) is 7.12. The molecular weight excluding hydrogens is 1110 g/mol. The van der Waals surface area contributed by atoms with Crippen LogP contribution in [0, 0.1) is 5.92 Å². The van der Waals surface area contributed by atoms with Gasteiger partial charge in [-0.2, -0.15) is 0 Å². The molecule has 0 radical (unpaired) electrons. The van der Waals surface area contributed by atoms with Crippen LogP contribution in [0.15, 0.2) is 0 Å². The first kappa shape index (κ1) is 82.1. The van der Waals surface area contributed by atoms with Gasteiger partial charge in [-0.15, -0.1) is 0 Å². The minimum absolute atomic E-state index is 0.103. The number of aliphatic hydroxyl groups excluding tert-OH is 1. The number of ether oxygens (including phenoxy) is 4. The minimum atomic E-state index is -4.94. The van der Waals surface area contributed by atoms with Gasteiger partial charge in [-0.1, -0.05) is 279 Å². The van der Waals surface area contributed by atoms with Crippen LogP contribution < -0.4 is 0 Å². The van der Waals surface area contributed by atoms with Gasteiger partial charge in [0.2, 0.25) is 0 Å². The first-order valence-corrected chi connectivity index (χ1v) is 37.1. The molecule has 0 heterocycles. The summed E-state index contributed by atoms with van der Waals surface area (Å²) in [5, 5.41) is 10.5. The maximum atomic E-state index is 13.0. The predicted octanol–water partition coefficient (Wildman–Crippen LogP) is 18.2. The summed E-state index contributed by atoms with van der Waals surface area (Å²) >= 11 is 0. The summed E-state index contributed by atoms with van der Waals surface area (Å²) in [6, 6.07) is 0. The highest BCUT2D eigenvalue weighted by Gasteiger charge is 2.30. The molecule has 0 saturated carbocycles. The number of hydrogen-bond donors (Lipinski definition) is 3. The quantitative estimate of drug-likeness (QED) is 0.0222. The molecule has 0 aliphatic carbocycles. The smallest absolute Gasteiger partial charge is 0.462 e. The van der Waals surface area contributed by atoms with Crippen molar-refractivity contribution in [3.8, 4) is 0 Å². The number of aliphatic hydroxyl groups is 1. The first-order valence-electron chi connectivity index (χ1n) is 34.1. The Kier molecular flexibility index (Phi) is 57.4. The molecule has 84 heavy (non-hydrogen) atoms. The maximum Gasteiger partial charge on any atom is 0.472 e. The zero-order valence-corrected chi connectivity index (χ0v) is 55.8. The second-order valence-electron chi connectivity index (χ2n) is 24.0. The lowest BCUT2D eigenvalue weighted by atomic mass is 10.0. The summed E-state index contributed by atoms with van der Waals surface area (Å²) in [5.74, 6) is -1.44. The second kappa shape index (κ2) is 58.7. The molecule has 0 aromatic carbocycles. The van der Waals surface area contributed by atoms with E-state index in [2.05, 4.69) is 34.6 Å². The SMILES string of the molecule is CCCCCCCCCCCCCCCCCC(=O)O[C@H](COC(=O)CCCCCCCCCCCCC)COP(=O)(O)OC[C@@H](O)COP(=O)(O)OC[C@@H](COC(=O)CCCCCCCCCC)OC(=O)CCCCCCCCCC(C)C. The van der Waals surface area contributed by atoms with Gasteiger partial charge in [0, 0.05) is 25.7 Å². The molecule has 0 spiro atoms. The van der Waals surface area contributed by atoms with Crippen molar-refractivity contribution in [2.24, 2.45) is 5.92 Å². The molecule has 0 fully saturated rings. The largest absolute Gasteiger partial charge is 0.472 e. The highest BCUT2D eigenvalue weighted by molar-refractivity contribution is 7.47. The number of unbranched alkanes of at least 4 members (excludes halogenated alkanes) is 37. The van der Waals surface area contributed by atoms with Crippen LogP contribution in [0.3, 0.4) is 0 Å². The van der Waals surface area contributed by atoms with E-state index in [1.807, 2.05) is 0 Å². The van der Waals surface area contributed by atoms with E-state index in [1.54, 1.807) is 0 Å². The molecule has 0 saturated heterocycles. The maximum absolute atomic E-state index is 13.0. The topological polar surface area (TPSA) is 237 Å². The Morgan fingerprint density at radius 2 is 0.548 bits per heavy atom. The van der Waals surface area contributed by atoms with Crippen LogP contribution in [0.2, 0.25) is 0 Å². The van der Waals surface area contributed by atoms with E-state index in [1.165, 1.54) is 148 Å². The number of carbonyl (C=O) groups excluding carboxylic acids is 4. The van der Waals surface area contributed by atoms with Crippen LogP contribution in [-0.2, 0) is 65.4 Å². The van der Waals surface area contributed by atoms with Crippen LogP contribution in [0.25, 0.3) is 0 Å². The number of carbonyl (C=O) groups is 4. The van der Waals surface area contributed by atoms with E-state index in [4.69, 9.17) is 37.0 Å². The predicted molar refractivity (Wildman–Crippen MR) is 335 cm³/mol. The van der Waals surface area contributed by atoms with Crippen LogP contribution in [-0.4, -0.2) is 96.7 Å². The fourth-order valence-electron chi connectivity index (χ4n) is 9.76. The Labute approximate surface area is 511 Å². The molecule has 0 aromatic rings. The molecule has 0 amide bonds. The van der Waals surface area contributed by atoms with Gasteiger partial charge >= 0.3 is 39.5 Å². The van der Waals surface area contributed by atoms with Crippen molar-refractivity contribution in [2.45, 2.75) is 348 Å². The summed E-state index contributed by atoms with van der Waals surface area (Å²) < 4.78 is 68.0. The molecule has 0 rings (SSSR count). The van der Waals surface area contributed by atoms with Crippen molar-refractivity contribution < 1.29 is 80.2 Å². The molecule has 5 atom stereocenters. The fourth-order valence-corrected chi connectivity index (χ4v) is 11.3. The van der Waals surface area contributed by atoms with Crippen molar-refractivity contribution in [3.63, 3.8) is 0 Å². The summed E-state index contributed by atoms with van der Waals surface area (Å²) in [5.41, 5.74) is 0. The van der Waals surface area contributed by atoms with E-state index in [9.17, 15) is 43.2 Å². The van der Waals surface area contributed by atoms with Crippen molar-refractivity contribution in [2.75, 3.05) is 39.6 Å². The normalized spacial score (nSPS) is 14.2. The zero-order chi connectivity index (χ0) is 62.0. The third-order valence-corrected chi connectivity index (χ3v) is 16.9. The zero-order valence-electron chi connectivity index (χ0n) is 54.0. The molecule has 17 nitrogen and oxygen atoms in total. The van der Waals surface area contributed by atoms with Crippen LogP contribution in [0.4, 0.5) is 0 Å². The lowest BCUT2D eigenvalue weighted by molar-refractivity contribution is -0.161. The van der Waals surface area contributed by atoms with Gasteiger partial charge in [0.25, 0.3) is 0 Å². The third kappa shape index (κ3) is 59.0. The van der Waals surface area contributed by atoms with E-state index >= 15 is 0 Å². The third-order valence-electron chi connectivity index (χ3n) is 15.0. The molecular formula is C65H126O17P2. The lowest BCUT2D eigenvalue weighted by Gasteiger charge is -2.21. The second-order valence-corrected chi connectivity index (χ2v) is 26.9. The van der Waals surface area contributed by atoms with Gasteiger partial charge in [-0.3, -0.25) is 37.3 Å². The number of rotatable bonds is 65. The van der Waals surface area contributed by atoms with E-state index in [-0.39, 0.29) is 25.7 Å². The van der Waals surface area contributed by atoms with E-state index in [0.717, 1.165) is 96.3 Å². The highest BCUT2D eigenvalue weighted by atomic mass is 31.2. The van der Waals surface area contributed by atoms with Gasteiger partial charge < -0.3 is 33.8 Å². The highest BCUT2D eigenvalue weighted by Crippen LogP contribution is 2.45. The average Bonchev–Trinajstić information content (AvgIpc) is 3.66. The molecule has 3 N–H and O–H groups in total. The molecule has 2 unspecified atom stereocenters. The summed E-state index contributed by atoms with van der Waals surface area (Å²) in [6.07, 6.45) is 43.1. The van der Waals surface area contributed by atoms with Crippen molar-refractivity contribution in [1.82, 2.24) is 0 Å². The van der Waals surface area contributed by atoms with Gasteiger partial charge in [-0.05, 0) is 31.6 Å². The van der Waals surface area contributed by atoms with Gasteiger partial charge in [0.05, 0.1) is 26.4 Å². The Morgan fingerprint density at radius 3 is 0.810 bits per heavy atom. The number of hydrogen-bond acceptors (Lipinski definition) is 15. The Hall–Kier alpha value is -1.94. The van der Waals surface area contributed by atoms with Crippen molar-refractivity contribution in [3.05, 3.63) is 0 Å². The standard InChI is InChI=1S/C65H126O17P2/c1-6-9-12-15-18-21-23-24-25-26-28-30-35-40-45-50-64(69)81-60(55-76-63(68)49-44-39-34-29-27-22-19-16-13-10-7-2)56-79-83(71,72)77-52-59(66)53-78-84(73,74)80-57-61(54-75-62(67)48-43-38-33-20-17-14-11-8-3)82-65(70)51-46-41-36-31-32-37-42-47-58(4)5/h58-61,66H,6-57H2,1-5H3,(H,71,72)(H,73,74)/t59-,60-,61-/m1/s1. The van der Waals surface area contributed by atoms with E-state index in [0.29, 0.717) is 31.6 Å². The number of esters is 4. The van der Waals surface area contributed by atoms with Gasteiger partial charge in [0.1, 0.15) is 19.3 Å². The molecule has 0 aromatic heterocycles. The monoisotopic (exact) mass is 1240 g/mol. The average molecular weight is 1240 g/mol. The molecule has 498 valence electrons. The number of phosphoric ester groups is 2. The molecule has 0 bridgehead atoms. The molecule has 19 heteroatoms. The molecule has 0 aliphatic heterocycles. The van der Waals surface area contributed by atoms with Crippen LogP contribution >= 0.6 is 15.6 Å². The minimum Gasteiger partial charge on any atom is -0.462 e. The van der Waals surface area contributed by atoms with Crippen molar-refractivity contribution >= 4 is 39.5 Å². The summed E-state index contributed by atoms with van der Waals surface area (Å²) in [7, 11) is -9.88. The molecule has 0 aliphatic rings. The van der Waals surface area contributed by atoms with Crippen molar-refractivity contribution in [1.29, 1.82) is 0 Å². The van der Waals surface area contributed by atoms with Gasteiger partial charge in [-0.25, -0.2) is 9.13 Å². The Balaban J connectivity index is 5.21. The number of phosphoric acid groups is 2. The van der Waals surface area contributed by atoms with Crippen LogP contribution in [0.1, 0.15) is 330 Å². The van der Waals surface area contributed by atoms with Gasteiger partial charge in [0.15, 0.2) is 12.2 Å². The van der Waals surface area contributed by atoms with E-state index < -0.39 is 97.5 Å². The fraction of sp³-hybridized carbons (Fsp3) is 0.938. The lowest BCUT2D eigenvalue weighted by Crippen LogP contribution is -2.30.